The molecule has 0 saturated carbocycles. The number of carbonyl (C=O) groups is 3. The van der Waals surface area contributed by atoms with Gasteiger partial charge in [-0.15, -0.1) is 0 Å². The zero-order valence-corrected chi connectivity index (χ0v) is 25.6. The first kappa shape index (κ1) is 29.1. The lowest BCUT2D eigenvalue weighted by molar-refractivity contribution is -0.150. The smallest absolute Gasteiger partial charge is 0.340 e. The van der Waals surface area contributed by atoms with Gasteiger partial charge in [-0.25, -0.2) is 13.6 Å². The van der Waals surface area contributed by atoms with Crippen LogP contribution in [0.2, 0.25) is 0 Å². The van der Waals surface area contributed by atoms with E-state index in [1.807, 2.05) is 45.2 Å². The third-order valence-corrected chi connectivity index (χ3v) is 9.47. The van der Waals surface area contributed by atoms with E-state index in [0.29, 0.717) is 7.14 Å². The molecule has 2 bridgehead atoms. The Kier molecular flexibility index (Phi) is 7.59. The van der Waals surface area contributed by atoms with E-state index in [4.69, 9.17) is 18.8 Å². The summed E-state index contributed by atoms with van der Waals surface area (Å²) in [5.74, 6) is -18.3. The predicted molar refractivity (Wildman–Crippen MR) is 141 cm³/mol. The molecule has 3 aliphatic heterocycles. The predicted octanol–water partition coefficient (Wildman–Crippen LogP) is 3.37. The highest BCUT2D eigenvalue weighted by molar-refractivity contribution is 14.1. The van der Waals surface area contributed by atoms with Gasteiger partial charge in [0, 0.05) is 10.7 Å². The molecule has 39 heavy (non-hydrogen) atoms. The van der Waals surface area contributed by atoms with Crippen molar-refractivity contribution in [1.82, 2.24) is 0 Å². The Morgan fingerprint density at radius 3 is 2.03 bits per heavy atom. The molecule has 5 rings (SSSR count). The Balaban J connectivity index is 1.45. The van der Waals surface area contributed by atoms with Crippen LogP contribution in [0, 0.1) is 45.8 Å². The van der Waals surface area contributed by atoms with E-state index in [1.165, 1.54) is 0 Å². The second kappa shape index (κ2) is 10.2. The Morgan fingerprint density at radius 1 is 0.923 bits per heavy atom. The zero-order valence-electron chi connectivity index (χ0n) is 18.3. The van der Waals surface area contributed by atoms with Gasteiger partial charge in [-0.05, 0) is 79.9 Å². The van der Waals surface area contributed by atoms with Gasteiger partial charge in [-0.2, -0.15) is 17.2 Å². The minimum Gasteiger partial charge on any atom is -0.455 e. The topological polar surface area (TPSA) is 142 Å². The highest BCUT2D eigenvalue weighted by Crippen LogP contribution is 2.52. The van der Waals surface area contributed by atoms with E-state index in [2.05, 4.69) is 27.3 Å². The molecule has 1 N–H and O–H groups in total. The van der Waals surface area contributed by atoms with Crippen LogP contribution in [0.4, 0.5) is 17.6 Å². The van der Waals surface area contributed by atoms with Crippen LogP contribution >= 0.6 is 67.8 Å². The van der Waals surface area contributed by atoms with E-state index >= 15 is 0 Å². The largest absolute Gasteiger partial charge is 0.455 e. The van der Waals surface area contributed by atoms with E-state index in [0.717, 1.165) is 3.57 Å². The third-order valence-electron chi connectivity index (χ3n) is 6.27. The molecule has 3 heterocycles. The summed E-state index contributed by atoms with van der Waals surface area (Å²) in [4.78, 5) is 36.2. The monoisotopic (exact) mass is 910 g/mol. The van der Waals surface area contributed by atoms with E-state index in [9.17, 15) is 40.4 Å². The fraction of sp³-hybridized carbons (Fsp3) is 0.286. The molecule has 10 nitrogen and oxygen atoms in total. The Hall–Kier alpha value is -1.37. The van der Waals surface area contributed by atoms with Crippen molar-refractivity contribution >= 4 is 95.8 Å². The second-order valence-corrected chi connectivity index (χ2v) is 13.4. The van der Waals surface area contributed by atoms with Crippen molar-refractivity contribution in [2.45, 2.75) is 29.3 Å². The van der Waals surface area contributed by atoms with Crippen LogP contribution in [-0.4, -0.2) is 55.3 Å². The van der Waals surface area contributed by atoms with Crippen LogP contribution in [0.1, 0.15) is 10.4 Å². The van der Waals surface area contributed by atoms with Crippen LogP contribution in [0.25, 0.3) is 0 Å². The minimum atomic E-state index is -5.74. The molecule has 3 saturated heterocycles. The average molecular weight is 910 g/mol. The molecule has 0 aromatic heterocycles. The number of hydrogen-bond acceptors (Lipinski definition) is 9. The molecular weight excluding hydrogens is 901 g/mol. The van der Waals surface area contributed by atoms with Crippen molar-refractivity contribution in [2.75, 3.05) is 0 Å². The molecular formula is C21H9F4I3O10S. The molecule has 3 aliphatic rings. The maximum Gasteiger partial charge on any atom is 0.340 e. The van der Waals surface area contributed by atoms with Gasteiger partial charge < -0.3 is 18.9 Å². The molecule has 2 aromatic carbocycles. The van der Waals surface area contributed by atoms with Gasteiger partial charge in [0.15, 0.2) is 28.7 Å². The number of carbonyl (C=O) groups excluding carboxylic acids is 3. The molecule has 0 spiro atoms. The number of fused-ring (bicyclic) bond motifs is 1. The lowest BCUT2D eigenvalue weighted by Crippen LogP contribution is -2.48. The fourth-order valence-corrected chi connectivity index (χ4v) is 9.39. The second-order valence-electron chi connectivity index (χ2n) is 8.44. The summed E-state index contributed by atoms with van der Waals surface area (Å²) in [6, 6.07) is 3.41. The van der Waals surface area contributed by atoms with Crippen molar-refractivity contribution in [3.63, 3.8) is 0 Å². The lowest BCUT2D eigenvalue weighted by atomic mass is 9.78. The maximum absolute atomic E-state index is 14.4. The zero-order chi connectivity index (χ0) is 28.7. The third kappa shape index (κ3) is 4.70. The van der Waals surface area contributed by atoms with Gasteiger partial charge in [-0.3, -0.25) is 14.1 Å². The quantitative estimate of drug-likeness (QED) is 0.119. The first-order valence-electron chi connectivity index (χ1n) is 10.4. The van der Waals surface area contributed by atoms with Crippen molar-refractivity contribution in [2.24, 2.45) is 11.8 Å². The fourth-order valence-electron chi connectivity index (χ4n) is 4.74. The Labute approximate surface area is 256 Å². The van der Waals surface area contributed by atoms with Crippen LogP contribution in [0.5, 0.6) is 5.75 Å². The van der Waals surface area contributed by atoms with E-state index in [1.54, 1.807) is 12.1 Å². The van der Waals surface area contributed by atoms with Gasteiger partial charge in [0.25, 0.3) is 0 Å². The molecule has 6 atom stereocenters. The average Bonchev–Trinajstić information content (AvgIpc) is 3.43. The first-order chi connectivity index (χ1) is 18.1. The number of esters is 3. The minimum absolute atomic E-state index is 0.188. The van der Waals surface area contributed by atoms with E-state index in [-0.39, 0.29) is 5.56 Å². The number of hydrogen-bond donors (Lipinski definition) is 1. The van der Waals surface area contributed by atoms with Gasteiger partial charge in [0.05, 0.1) is 5.56 Å². The first-order valence-corrected chi connectivity index (χ1v) is 15.1. The number of benzene rings is 2. The van der Waals surface area contributed by atoms with Crippen LogP contribution in [0.15, 0.2) is 17.0 Å². The SMILES string of the molecule is O=C(OC1C2OC(=O)C3C2OC1C3C(=O)Oc1c(F)c(F)c(S(=O)(=O)O)c(F)c1F)c1c(I)cc(I)cc1I. The highest BCUT2D eigenvalue weighted by atomic mass is 127. The van der Waals surface area contributed by atoms with Crippen LogP contribution in [-0.2, 0) is 33.9 Å². The normalized spacial score (nSPS) is 27.0. The molecule has 2 aromatic rings. The van der Waals surface area contributed by atoms with Gasteiger partial charge in [-0.1, -0.05) is 0 Å². The molecule has 0 amide bonds. The van der Waals surface area contributed by atoms with Crippen molar-refractivity contribution in [3.8, 4) is 5.75 Å². The van der Waals surface area contributed by atoms with Crippen LogP contribution < -0.4 is 4.74 Å². The molecule has 3 fully saturated rings. The van der Waals surface area contributed by atoms with Crippen molar-refractivity contribution in [1.29, 1.82) is 0 Å². The van der Waals surface area contributed by atoms with E-state index < -0.39 is 98.2 Å². The van der Waals surface area contributed by atoms with Crippen LogP contribution in [0.3, 0.4) is 0 Å². The molecule has 0 aliphatic carbocycles. The number of rotatable bonds is 5. The lowest BCUT2D eigenvalue weighted by Gasteiger charge is -2.27. The standard InChI is InChI=1S/C21H9F4I3O10S/c22-9-11(24)18(39(32,33)34)12(25)10(23)15(9)36-20(30)7-8-14-17(38-21(8)31)16(13(7)35-14)37-19(29)6-4(27)1-3(26)2-5(6)28/h1-2,7-8,13-14,16-17H,(H,32,33,34). The van der Waals surface area contributed by atoms with Crippen molar-refractivity contribution in [3.05, 3.63) is 51.7 Å². The summed E-state index contributed by atoms with van der Waals surface area (Å²) in [5, 5.41) is 0. The molecule has 18 heteroatoms. The summed E-state index contributed by atoms with van der Waals surface area (Å²) in [7, 11) is -5.74. The maximum atomic E-state index is 14.4. The highest BCUT2D eigenvalue weighted by Gasteiger charge is 2.72. The summed E-state index contributed by atoms with van der Waals surface area (Å²) in [6.45, 7) is 0. The number of halogens is 7. The Bertz CT molecular complexity index is 1530. The van der Waals surface area contributed by atoms with Gasteiger partial charge in [0.1, 0.15) is 24.0 Å². The van der Waals surface area contributed by atoms with Gasteiger partial charge >= 0.3 is 28.0 Å². The summed E-state index contributed by atoms with van der Waals surface area (Å²) < 4.78 is 111. The summed E-state index contributed by atoms with van der Waals surface area (Å²) in [6.07, 6.45) is -4.95. The molecule has 6 unspecified atom stereocenters. The molecule has 208 valence electrons. The Morgan fingerprint density at radius 2 is 1.49 bits per heavy atom. The molecule has 0 radical (unpaired) electrons. The van der Waals surface area contributed by atoms with Gasteiger partial charge in [0.2, 0.25) is 17.4 Å². The number of ether oxygens (including phenoxy) is 4. The summed E-state index contributed by atoms with van der Waals surface area (Å²) >= 11 is 5.90. The summed E-state index contributed by atoms with van der Waals surface area (Å²) in [5.41, 5.74) is 0.188. The van der Waals surface area contributed by atoms with Crippen molar-refractivity contribution < 1.29 is 63.9 Å².